The third-order valence-corrected chi connectivity index (χ3v) is 5.89. The Morgan fingerprint density at radius 2 is 1.80 bits per heavy atom. The highest BCUT2D eigenvalue weighted by Crippen LogP contribution is 2.34. The number of nitrogens with zero attached hydrogens (tertiary/aromatic N) is 6. The van der Waals surface area contributed by atoms with Crippen molar-refractivity contribution in [3.8, 4) is 11.5 Å². The molecule has 1 saturated heterocycles. The number of halogens is 1. The van der Waals surface area contributed by atoms with E-state index in [-0.39, 0.29) is 35.6 Å². The number of aromatic nitrogens is 4. The van der Waals surface area contributed by atoms with Gasteiger partial charge in [-0.15, -0.1) is 17.5 Å². The molecule has 1 aromatic carbocycles. The maximum atomic E-state index is 13.0. The summed E-state index contributed by atoms with van der Waals surface area (Å²) < 4.78 is 19.3. The Morgan fingerprint density at radius 1 is 1.11 bits per heavy atom. The van der Waals surface area contributed by atoms with Crippen LogP contribution in [0.4, 0.5) is 21.6 Å². The van der Waals surface area contributed by atoms with Crippen molar-refractivity contribution in [3.05, 3.63) is 17.8 Å². The molecule has 3 aromatic rings. The van der Waals surface area contributed by atoms with Gasteiger partial charge in [-0.1, -0.05) is 4.49 Å². The van der Waals surface area contributed by atoms with Crippen molar-refractivity contribution in [3.63, 3.8) is 0 Å². The van der Waals surface area contributed by atoms with Gasteiger partial charge in [0.25, 0.3) is 5.91 Å². The van der Waals surface area contributed by atoms with Gasteiger partial charge in [-0.05, 0) is 13.0 Å². The molecule has 0 saturated carbocycles. The zero-order valence-corrected chi connectivity index (χ0v) is 20.9. The summed E-state index contributed by atoms with van der Waals surface area (Å²) in [6.45, 7) is 3.69. The van der Waals surface area contributed by atoms with Crippen LogP contribution in [0.3, 0.4) is 0 Å². The normalized spacial score (nSPS) is 13.2. The fourth-order valence-corrected chi connectivity index (χ4v) is 4.09. The predicted octanol–water partition coefficient (Wildman–Crippen LogP) is 2.03. The number of nitrogens with two attached hydrogens (primary N) is 1. The van der Waals surface area contributed by atoms with Crippen LogP contribution < -0.4 is 25.4 Å². The molecule has 0 spiro atoms. The molecule has 1 aliphatic heterocycles. The van der Waals surface area contributed by atoms with E-state index in [2.05, 4.69) is 24.9 Å². The van der Waals surface area contributed by atoms with E-state index in [0.717, 1.165) is 11.5 Å². The summed E-state index contributed by atoms with van der Waals surface area (Å²) >= 11 is 0.918. The highest BCUT2D eigenvalue weighted by atomic mass is 35.5. The summed E-state index contributed by atoms with van der Waals surface area (Å²) in [4.78, 5) is 37.4. The third kappa shape index (κ3) is 5.38. The predicted molar refractivity (Wildman–Crippen MR) is 133 cm³/mol. The van der Waals surface area contributed by atoms with Crippen molar-refractivity contribution in [2.75, 3.05) is 63.0 Å². The Bertz CT molecular complexity index is 1220. The number of anilines is 3. The summed E-state index contributed by atoms with van der Waals surface area (Å²) in [7, 11) is 3.10. The quantitative estimate of drug-likeness (QED) is 0.485. The molecule has 3 N–H and O–H groups in total. The molecule has 3 heterocycles. The molecule has 0 unspecified atom stereocenters. The van der Waals surface area contributed by atoms with E-state index in [4.69, 9.17) is 19.9 Å². The molecule has 0 bridgehead atoms. The average molecular weight is 525 g/mol. The SMILES string of the molecule is CCOC(=O)Nc1snnc1C(=O)N1CCN(c2nc(N)c3cc(OC)c(OC)cc3n2)CC1.Cl. The fourth-order valence-electron chi connectivity index (χ4n) is 3.54. The Hall–Kier alpha value is -3.65. The molecular formula is C20H25ClN8O5S. The van der Waals surface area contributed by atoms with Crippen molar-refractivity contribution in [1.29, 1.82) is 0 Å². The van der Waals surface area contributed by atoms with Gasteiger partial charge in [0.05, 0.1) is 26.3 Å². The number of rotatable bonds is 6. The number of carbonyl (C=O) groups is 2. The van der Waals surface area contributed by atoms with Crippen LogP contribution in [-0.4, -0.2) is 83.5 Å². The van der Waals surface area contributed by atoms with Crippen LogP contribution in [0.5, 0.6) is 11.5 Å². The molecule has 1 aliphatic rings. The number of hydrogen-bond donors (Lipinski definition) is 2. The summed E-state index contributed by atoms with van der Waals surface area (Å²) in [5.74, 6) is 1.54. The highest BCUT2D eigenvalue weighted by molar-refractivity contribution is 7.10. The van der Waals surface area contributed by atoms with Gasteiger partial charge in [0.1, 0.15) is 5.82 Å². The zero-order valence-electron chi connectivity index (χ0n) is 19.3. The number of nitrogens with one attached hydrogen (secondary N) is 1. The van der Waals surface area contributed by atoms with Gasteiger partial charge in [0, 0.05) is 49.2 Å². The van der Waals surface area contributed by atoms with E-state index in [0.29, 0.717) is 60.3 Å². The second kappa shape index (κ2) is 11.2. The number of benzene rings is 1. The van der Waals surface area contributed by atoms with Crippen LogP contribution in [0.2, 0.25) is 0 Å². The molecule has 0 radical (unpaired) electrons. The van der Waals surface area contributed by atoms with E-state index in [1.54, 1.807) is 38.2 Å². The van der Waals surface area contributed by atoms with E-state index < -0.39 is 6.09 Å². The van der Waals surface area contributed by atoms with Gasteiger partial charge in [-0.25, -0.2) is 9.78 Å². The molecule has 0 atom stereocenters. The smallest absolute Gasteiger partial charge is 0.412 e. The summed E-state index contributed by atoms with van der Waals surface area (Å²) in [6.07, 6.45) is -0.660. The number of nitrogen functional groups attached to an aromatic ring is 1. The number of fused-ring (bicyclic) bond motifs is 1. The van der Waals surface area contributed by atoms with Crippen molar-refractivity contribution in [2.45, 2.75) is 6.92 Å². The summed E-state index contributed by atoms with van der Waals surface area (Å²) in [6, 6.07) is 3.50. The van der Waals surface area contributed by atoms with Crippen LogP contribution in [0.1, 0.15) is 17.4 Å². The number of methoxy groups -OCH3 is 2. The average Bonchev–Trinajstić information content (AvgIpc) is 3.30. The van der Waals surface area contributed by atoms with Crippen LogP contribution >= 0.6 is 23.9 Å². The Labute approximate surface area is 211 Å². The standard InChI is InChI=1S/C20H24N8O5S.ClH/c1-4-33-20(30)24-17-15(25-26-34-17)18(29)27-5-7-28(8-6-27)19-22-12-10-14(32-3)13(31-2)9-11(12)16(21)23-19;/h9-10H,4-8H2,1-3H3,(H,24,30)(H2,21,22,23);1H. The molecule has 0 aliphatic carbocycles. The summed E-state index contributed by atoms with van der Waals surface area (Å²) in [5.41, 5.74) is 6.91. The maximum absolute atomic E-state index is 13.0. The molecule has 2 amide bonds. The maximum Gasteiger partial charge on any atom is 0.412 e. The van der Waals surface area contributed by atoms with Crippen LogP contribution in [0.25, 0.3) is 10.9 Å². The molecule has 35 heavy (non-hydrogen) atoms. The van der Waals surface area contributed by atoms with Crippen molar-refractivity contribution < 1.29 is 23.8 Å². The second-order valence-electron chi connectivity index (χ2n) is 7.21. The fraction of sp³-hybridized carbons (Fsp3) is 0.400. The zero-order chi connectivity index (χ0) is 24.2. The van der Waals surface area contributed by atoms with Crippen molar-refractivity contribution in [1.82, 2.24) is 24.5 Å². The molecule has 2 aromatic heterocycles. The lowest BCUT2D eigenvalue weighted by molar-refractivity contribution is 0.0741. The number of ether oxygens (including phenoxy) is 3. The Kier molecular flexibility index (Phi) is 8.30. The van der Waals surface area contributed by atoms with Gasteiger partial charge >= 0.3 is 6.09 Å². The van der Waals surface area contributed by atoms with Gasteiger partial charge in [0.15, 0.2) is 22.2 Å². The first-order chi connectivity index (χ1) is 16.4. The minimum Gasteiger partial charge on any atom is -0.493 e. The molecular weight excluding hydrogens is 500 g/mol. The largest absolute Gasteiger partial charge is 0.493 e. The first-order valence-corrected chi connectivity index (χ1v) is 11.2. The number of amides is 2. The lowest BCUT2D eigenvalue weighted by atomic mass is 10.2. The topological polar surface area (TPSA) is 158 Å². The lowest BCUT2D eigenvalue weighted by Crippen LogP contribution is -2.49. The van der Waals surface area contributed by atoms with Gasteiger partial charge in [-0.2, -0.15) is 4.98 Å². The number of piperazine rings is 1. The van der Waals surface area contributed by atoms with Gasteiger partial charge < -0.3 is 29.7 Å². The number of carbonyl (C=O) groups excluding carboxylic acids is 2. The summed E-state index contributed by atoms with van der Waals surface area (Å²) in [5, 5.41) is 7.31. The lowest BCUT2D eigenvalue weighted by Gasteiger charge is -2.34. The van der Waals surface area contributed by atoms with Crippen LogP contribution in [0, 0.1) is 0 Å². The monoisotopic (exact) mass is 524 g/mol. The van der Waals surface area contributed by atoms with E-state index in [9.17, 15) is 9.59 Å². The highest BCUT2D eigenvalue weighted by Gasteiger charge is 2.28. The minimum absolute atomic E-state index is 0. The van der Waals surface area contributed by atoms with Crippen molar-refractivity contribution >= 4 is 63.6 Å². The van der Waals surface area contributed by atoms with E-state index >= 15 is 0 Å². The van der Waals surface area contributed by atoms with Gasteiger partial charge in [0.2, 0.25) is 5.95 Å². The first kappa shape index (κ1) is 26.0. The van der Waals surface area contributed by atoms with Gasteiger partial charge in [-0.3, -0.25) is 10.1 Å². The molecule has 188 valence electrons. The molecule has 4 rings (SSSR count). The minimum atomic E-state index is -0.660. The first-order valence-electron chi connectivity index (χ1n) is 10.4. The Morgan fingerprint density at radius 3 is 2.46 bits per heavy atom. The molecule has 13 nitrogen and oxygen atoms in total. The van der Waals surface area contributed by atoms with E-state index in [1.807, 2.05) is 4.90 Å². The van der Waals surface area contributed by atoms with Crippen LogP contribution in [0.15, 0.2) is 12.1 Å². The Balaban J connectivity index is 0.00000342. The second-order valence-corrected chi connectivity index (χ2v) is 7.96. The molecule has 15 heteroatoms. The van der Waals surface area contributed by atoms with E-state index in [1.165, 1.54) is 0 Å². The van der Waals surface area contributed by atoms with Crippen LogP contribution in [-0.2, 0) is 4.74 Å². The third-order valence-electron chi connectivity index (χ3n) is 5.25. The molecule has 1 fully saturated rings. The van der Waals surface area contributed by atoms with Crippen molar-refractivity contribution in [2.24, 2.45) is 0 Å². The number of hydrogen-bond acceptors (Lipinski definition) is 12.